The molecule has 4 heteroatoms. The van der Waals surface area contributed by atoms with Crippen LogP contribution in [0.2, 0.25) is 0 Å². The minimum absolute atomic E-state index is 0.0201. The summed E-state index contributed by atoms with van der Waals surface area (Å²) in [5, 5.41) is 0. The smallest absolute Gasteiger partial charge is 0.339 e. The van der Waals surface area contributed by atoms with Crippen LogP contribution in [-0.2, 0) is 9.47 Å². The molecule has 0 aliphatic carbocycles. The van der Waals surface area contributed by atoms with Crippen molar-refractivity contribution >= 4 is 5.97 Å². The lowest BCUT2D eigenvalue weighted by Gasteiger charge is -2.14. The molecule has 1 aromatic rings. The van der Waals surface area contributed by atoms with E-state index in [1.54, 1.807) is 24.3 Å². The Labute approximate surface area is 131 Å². The third-order valence-corrected chi connectivity index (χ3v) is 3.71. The second kappa shape index (κ2) is 6.85. The van der Waals surface area contributed by atoms with E-state index in [0.717, 1.165) is 18.6 Å². The van der Waals surface area contributed by atoms with E-state index in [1.807, 2.05) is 6.92 Å². The van der Waals surface area contributed by atoms with E-state index in [1.165, 1.54) is 0 Å². The van der Waals surface area contributed by atoms with Crippen molar-refractivity contribution in [2.45, 2.75) is 51.4 Å². The summed E-state index contributed by atoms with van der Waals surface area (Å²) in [6.07, 6.45) is 7.41. The lowest BCUT2D eigenvalue weighted by molar-refractivity contribution is 0.0556. The molecule has 4 nitrogen and oxygen atoms in total. The van der Waals surface area contributed by atoms with Gasteiger partial charge in [-0.25, -0.2) is 4.79 Å². The number of ether oxygens (including phenoxy) is 3. The van der Waals surface area contributed by atoms with E-state index in [4.69, 9.17) is 20.6 Å². The van der Waals surface area contributed by atoms with E-state index >= 15 is 0 Å². The molecule has 0 saturated carbocycles. The standard InChI is InChI=1S/C18H22O4/c1-5-12-20-17(19)14-7-9-15(10-8-14)21-13(2)6-11-16-18(3,4)22-16/h1,7-10,13,16H,6,11-12H2,2-4H3. The number of carbonyl (C=O) groups is 1. The molecule has 2 unspecified atom stereocenters. The summed E-state index contributed by atoms with van der Waals surface area (Å²) in [6.45, 7) is 6.21. The fourth-order valence-electron chi connectivity index (χ4n) is 2.28. The fraction of sp³-hybridized carbons (Fsp3) is 0.500. The molecule has 0 N–H and O–H groups in total. The Kier molecular flexibility index (Phi) is 5.10. The average molecular weight is 302 g/mol. The van der Waals surface area contributed by atoms with Crippen LogP contribution in [0.4, 0.5) is 0 Å². The van der Waals surface area contributed by atoms with Gasteiger partial charge in [0.05, 0.1) is 23.4 Å². The number of carbonyl (C=O) groups excluding carboxylic acids is 1. The molecule has 0 radical (unpaired) electrons. The molecule has 1 heterocycles. The lowest BCUT2D eigenvalue weighted by Crippen LogP contribution is -2.14. The van der Waals surface area contributed by atoms with Crippen LogP contribution in [0, 0.1) is 12.3 Å². The monoisotopic (exact) mass is 302 g/mol. The van der Waals surface area contributed by atoms with Crippen molar-refractivity contribution in [3.05, 3.63) is 29.8 Å². The number of rotatable bonds is 7. The molecule has 2 rings (SSSR count). The van der Waals surface area contributed by atoms with Crippen LogP contribution in [0.15, 0.2) is 24.3 Å². The van der Waals surface area contributed by atoms with Crippen LogP contribution in [-0.4, -0.2) is 30.4 Å². The summed E-state index contributed by atoms with van der Waals surface area (Å²) in [5.41, 5.74) is 0.489. The zero-order chi connectivity index (χ0) is 16.2. The molecule has 2 atom stereocenters. The van der Waals surface area contributed by atoms with Gasteiger partial charge in [0.15, 0.2) is 6.61 Å². The largest absolute Gasteiger partial charge is 0.491 e. The number of benzene rings is 1. The average Bonchev–Trinajstić information content (AvgIpc) is 3.10. The Morgan fingerprint density at radius 3 is 2.59 bits per heavy atom. The van der Waals surface area contributed by atoms with E-state index in [-0.39, 0.29) is 18.3 Å². The normalized spacial score (nSPS) is 19.8. The molecular weight excluding hydrogens is 280 g/mol. The maximum atomic E-state index is 11.6. The number of hydrogen-bond donors (Lipinski definition) is 0. The Morgan fingerprint density at radius 2 is 2.05 bits per heavy atom. The zero-order valence-corrected chi connectivity index (χ0v) is 13.3. The van der Waals surface area contributed by atoms with Crippen molar-refractivity contribution in [1.29, 1.82) is 0 Å². The number of terminal acetylenes is 1. The molecule has 1 aliphatic heterocycles. The summed E-state index contributed by atoms with van der Waals surface area (Å²) < 4.78 is 16.3. The minimum atomic E-state index is -0.425. The first-order valence-corrected chi connectivity index (χ1v) is 7.47. The highest BCUT2D eigenvalue weighted by molar-refractivity contribution is 5.89. The molecule has 1 aliphatic rings. The third-order valence-electron chi connectivity index (χ3n) is 3.71. The summed E-state index contributed by atoms with van der Waals surface area (Å²) >= 11 is 0. The maximum absolute atomic E-state index is 11.6. The van der Waals surface area contributed by atoms with Gasteiger partial charge in [0.2, 0.25) is 0 Å². The predicted octanol–water partition coefficient (Wildman–Crippen LogP) is 3.20. The molecule has 0 bridgehead atoms. The van der Waals surface area contributed by atoms with Crippen molar-refractivity contribution < 1.29 is 19.0 Å². The molecule has 0 spiro atoms. The SMILES string of the molecule is C#CCOC(=O)c1ccc(OC(C)CCC2OC2(C)C)cc1. The molecule has 1 fully saturated rings. The highest BCUT2D eigenvalue weighted by Crippen LogP contribution is 2.38. The molecule has 1 saturated heterocycles. The highest BCUT2D eigenvalue weighted by Gasteiger charge is 2.47. The van der Waals surface area contributed by atoms with E-state index in [2.05, 4.69) is 19.8 Å². The Hall–Kier alpha value is -1.99. The van der Waals surface area contributed by atoms with Gasteiger partial charge in [0.25, 0.3) is 0 Å². The first-order valence-electron chi connectivity index (χ1n) is 7.47. The predicted molar refractivity (Wildman–Crippen MR) is 83.8 cm³/mol. The van der Waals surface area contributed by atoms with Crippen LogP contribution in [0.25, 0.3) is 0 Å². The summed E-state index contributed by atoms with van der Waals surface area (Å²) in [7, 11) is 0. The van der Waals surface area contributed by atoms with Crippen LogP contribution in [0.3, 0.4) is 0 Å². The molecule has 1 aromatic carbocycles. The Bertz CT molecular complexity index is 553. The molecule has 118 valence electrons. The maximum Gasteiger partial charge on any atom is 0.339 e. The van der Waals surface area contributed by atoms with Crippen molar-refractivity contribution in [2.24, 2.45) is 0 Å². The summed E-state index contributed by atoms with van der Waals surface area (Å²) in [5.74, 6) is 2.57. The number of hydrogen-bond acceptors (Lipinski definition) is 4. The van der Waals surface area contributed by atoms with Gasteiger partial charge in [-0.1, -0.05) is 5.92 Å². The van der Waals surface area contributed by atoms with Gasteiger partial charge in [-0.2, -0.15) is 0 Å². The van der Waals surface area contributed by atoms with E-state index in [9.17, 15) is 4.79 Å². The third kappa shape index (κ3) is 4.51. The van der Waals surface area contributed by atoms with Crippen LogP contribution >= 0.6 is 0 Å². The first kappa shape index (κ1) is 16.4. The van der Waals surface area contributed by atoms with Gasteiger partial charge in [-0.15, -0.1) is 6.42 Å². The van der Waals surface area contributed by atoms with Gasteiger partial charge >= 0.3 is 5.97 Å². The molecule has 22 heavy (non-hydrogen) atoms. The minimum Gasteiger partial charge on any atom is -0.491 e. The van der Waals surface area contributed by atoms with Crippen LogP contribution in [0.5, 0.6) is 5.75 Å². The van der Waals surface area contributed by atoms with Crippen molar-refractivity contribution in [3.63, 3.8) is 0 Å². The fourth-order valence-corrected chi connectivity index (χ4v) is 2.28. The molecule has 0 aromatic heterocycles. The molecule has 0 amide bonds. The van der Waals surface area contributed by atoms with E-state index in [0.29, 0.717) is 11.7 Å². The summed E-state index contributed by atoms with van der Waals surface area (Å²) in [6, 6.07) is 6.88. The van der Waals surface area contributed by atoms with Crippen molar-refractivity contribution in [2.75, 3.05) is 6.61 Å². The van der Waals surface area contributed by atoms with E-state index < -0.39 is 5.97 Å². The molecular formula is C18H22O4. The zero-order valence-electron chi connectivity index (χ0n) is 13.3. The van der Waals surface area contributed by atoms with Gasteiger partial charge in [0, 0.05) is 0 Å². The quantitative estimate of drug-likeness (QED) is 0.441. The van der Waals surface area contributed by atoms with Crippen molar-refractivity contribution in [3.8, 4) is 18.1 Å². The van der Waals surface area contributed by atoms with Gasteiger partial charge < -0.3 is 14.2 Å². The number of epoxide rings is 1. The van der Waals surface area contributed by atoms with Crippen LogP contribution < -0.4 is 4.74 Å². The van der Waals surface area contributed by atoms with Gasteiger partial charge in [-0.3, -0.25) is 0 Å². The lowest BCUT2D eigenvalue weighted by atomic mass is 10.0. The van der Waals surface area contributed by atoms with Crippen molar-refractivity contribution in [1.82, 2.24) is 0 Å². The Morgan fingerprint density at radius 1 is 1.41 bits per heavy atom. The topological polar surface area (TPSA) is 48.1 Å². The number of esters is 1. The first-order chi connectivity index (χ1) is 10.4. The highest BCUT2D eigenvalue weighted by atomic mass is 16.6. The van der Waals surface area contributed by atoms with Gasteiger partial charge in [0.1, 0.15) is 5.75 Å². The second-order valence-corrected chi connectivity index (χ2v) is 6.02. The Balaban J connectivity index is 1.78. The van der Waals surface area contributed by atoms with Crippen LogP contribution in [0.1, 0.15) is 44.0 Å². The van der Waals surface area contributed by atoms with Gasteiger partial charge in [-0.05, 0) is 57.9 Å². The second-order valence-electron chi connectivity index (χ2n) is 6.02. The summed E-state index contributed by atoms with van der Waals surface area (Å²) in [4.78, 5) is 11.6.